The second-order valence-corrected chi connectivity index (χ2v) is 3.25. The van der Waals surface area contributed by atoms with Gasteiger partial charge < -0.3 is 0 Å². The first-order chi connectivity index (χ1) is 7.18. The van der Waals surface area contributed by atoms with E-state index in [1.807, 2.05) is 0 Å². The van der Waals surface area contributed by atoms with Gasteiger partial charge in [-0.05, 0) is 19.1 Å². The first kappa shape index (κ1) is 9.92. The van der Waals surface area contributed by atoms with Crippen LogP contribution in [0.25, 0.3) is 11.4 Å². The fourth-order valence-corrected chi connectivity index (χ4v) is 1.27. The Hall–Kier alpha value is -1.62. The van der Waals surface area contributed by atoms with E-state index in [2.05, 4.69) is 20.4 Å². The maximum atomic E-state index is 13.1. The van der Waals surface area contributed by atoms with Crippen LogP contribution in [0.15, 0.2) is 18.2 Å². The quantitative estimate of drug-likeness (QED) is 0.744. The van der Waals surface area contributed by atoms with Gasteiger partial charge in [0.1, 0.15) is 5.82 Å². The van der Waals surface area contributed by atoms with E-state index in [0.29, 0.717) is 11.4 Å². The van der Waals surface area contributed by atoms with Gasteiger partial charge in [-0.2, -0.15) is 0 Å². The van der Waals surface area contributed by atoms with Gasteiger partial charge in [-0.1, -0.05) is 17.7 Å². The van der Waals surface area contributed by atoms with E-state index in [1.54, 1.807) is 13.0 Å². The van der Waals surface area contributed by atoms with Crippen LogP contribution in [0.2, 0.25) is 5.02 Å². The summed E-state index contributed by atoms with van der Waals surface area (Å²) < 4.78 is 13.1. The van der Waals surface area contributed by atoms with E-state index in [9.17, 15) is 4.39 Å². The van der Waals surface area contributed by atoms with Crippen LogP contribution in [-0.2, 0) is 0 Å². The Morgan fingerprint density at radius 2 is 1.80 bits per heavy atom. The number of hydrogen-bond acceptors (Lipinski definition) is 4. The van der Waals surface area contributed by atoms with Crippen LogP contribution in [0.5, 0.6) is 0 Å². The third-order valence-electron chi connectivity index (χ3n) is 1.77. The predicted octanol–water partition coefficient (Wildman–Crippen LogP) is 2.03. The monoisotopic (exact) mass is 224 g/mol. The lowest BCUT2D eigenvalue weighted by atomic mass is 10.2. The lowest BCUT2D eigenvalue weighted by molar-refractivity contribution is 0.628. The Morgan fingerprint density at radius 3 is 2.47 bits per heavy atom. The van der Waals surface area contributed by atoms with E-state index in [4.69, 9.17) is 11.6 Å². The molecule has 15 heavy (non-hydrogen) atoms. The zero-order valence-electron chi connectivity index (χ0n) is 7.78. The Labute approximate surface area is 90.1 Å². The normalized spacial score (nSPS) is 10.3. The molecule has 0 aliphatic heterocycles. The van der Waals surface area contributed by atoms with Gasteiger partial charge in [0, 0.05) is 5.56 Å². The van der Waals surface area contributed by atoms with Crippen molar-refractivity contribution in [3.8, 4) is 11.4 Å². The van der Waals surface area contributed by atoms with E-state index in [0.717, 1.165) is 0 Å². The third-order valence-corrected chi connectivity index (χ3v) is 2.16. The largest absolute Gasteiger partial charge is 0.205 e. The topological polar surface area (TPSA) is 51.6 Å². The van der Waals surface area contributed by atoms with Crippen LogP contribution in [0.1, 0.15) is 5.82 Å². The molecule has 1 heterocycles. The number of aryl methyl sites for hydroxylation is 1. The lowest BCUT2D eigenvalue weighted by Gasteiger charge is -2.01. The Morgan fingerprint density at radius 1 is 1.13 bits per heavy atom. The number of aromatic nitrogens is 4. The Kier molecular flexibility index (Phi) is 2.55. The highest BCUT2D eigenvalue weighted by Crippen LogP contribution is 2.26. The molecule has 0 atom stereocenters. The molecule has 4 nitrogen and oxygen atoms in total. The van der Waals surface area contributed by atoms with Crippen molar-refractivity contribution < 1.29 is 4.39 Å². The highest BCUT2D eigenvalue weighted by molar-refractivity contribution is 6.33. The molecule has 0 saturated carbocycles. The molecular weight excluding hydrogens is 219 g/mol. The smallest absolute Gasteiger partial charge is 0.205 e. The fourth-order valence-electron chi connectivity index (χ4n) is 1.06. The summed E-state index contributed by atoms with van der Waals surface area (Å²) in [5, 5.41) is 15.0. The molecule has 0 aliphatic rings. The van der Waals surface area contributed by atoms with Crippen molar-refractivity contribution in [1.82, 2.24) is 20.4 Å². The molecular formula is C9H6ClFN4. The van der Waals surface area contributed by atoms with Crippen molar-refractivity contribution in [3.05, 3.63) is 34.9 Å². The molecule has 0 aliphatic carbocycles. The van der Waals surface area contributed by atoms with Gasteiger partial charge in [0.25, 0.3) is 0 Å². The summed E-state index contributed by atoms with van der Waals surface area (Å²) in [6, 6.07) is 4.40. The van der Waals surface area contributed by atoms with E-state index in [1.165, 1.54) is 12.1 Å². The van der Waals surface area contributed by atoms with Crippen LogP contribution < -0.4 is 0 Å². The Bertz CT molecular complexity index is 486. The number of halogens is 2. The SMILES string of the molecule is Cc1nnc(-c2cccc(F)c2Cl)nn1. The van der Waals surface area contributed by atoms with Gasteiger partial charge >= 0.3 is 0 Å². The molecule has 76 valence electrons. The molecule has 1 aromatic carbocycles. The first-order valence-electron chi connectivity index (χ1n) is 4.17. The number of hydrogen-bond donors (Lipinski definition) is 0. The molecule has 0 radical (unpaired) electrons. The van der Waals surface area contributed by atoms with Crippen molar-refractivity contribution in [1.29, 1.82) is 0 Å². The van der Waals surface area contributed by atoms with Gasteiger partial charge in [0.15, 0.2) is 5.82 Å². The van der Waals surface area contributed by atoms with Crippen molar-refractivity contribution in [3.63, 3.8) is 0 Å². The highest BCUT2D eigenvalue weighted by Gasteiger charge is 2.10. The lowest BCUT2D eigenvalue weighted by Crippen LogP contribution is -1.99. The summed E-state index contributed by atoms with van der Waals surface area (Å²) in [6.07, 6.45) is 0. The molecule has 0 fully saturated rings. The molecule has 0 saturated heterocycles. The van der Waals surface area contributed by atoms with Crippen LogP contribution in [0.4, 0.5) is 4.39 Å². The predicted molar refractivity (Wildman–Crippen MR) is 52.8 cm³/mol. The molecule has 0 bridgehead atoms. The highest BCUT2D eigenvalue weighted by atomic mass is 35.5. The van der Waals surface area contributed by atoms with Crippen LogP contribution >= 0.6 is 11.6 Å². The fraction of sp³-hybridized carbons (Fsp3) is 0.111. The second kappa shape index (κ2) is 3.86. The summed E-state index contributed by atoms with van der Waals surface area (Å²) in [4.78, 5) is 0. The zero-order chi connectivity index (χ0) is 10.8. The third kappa shape index (κ3) is 1.92. The molecule has 0 N–H and O–H groups in total. The summed E-state index contributed by atoms with van der Waals surface area (Å²) in [6.45, 7) is 1.66. The molecule has 0 spiro atoms. The van der Waals surface area contributed by atoms with Gasteiger partial charge in [-0.25, -0.2) is 4.39 Å². The van der Waals surface area contributed by atoms with Crippen LogP contribution in [0.3, 0.4) is 0 Å². The molecule has 2 rings (SSSR count). The van der Waals surface area contributed by atoms with E-state index >= 15 is 0 Å². The van der Waals surface area contributed by atoms with Gasteiger partial charge in [0.05, 0.1) is 5.02 Å². The molecule has 1 aromatic heterocycles. The second-order valence-electron chi connectivity index (χ2n) is 2.87. The summed E-state index contributed by atoms with van der Waals surface area (Å²) in [5.41, 5.74) is 0.386. The summed E-state index contributed by atoms with van der Waals surface area (Å²) >= 11 is 5.76. The van der Waals surface area contributed by atoms with Crippen LogP contribution in [0, 0.1) is 12.7 Å². The number of benzene rings is 1. The minimum atomic E-state index is -0.515. The van der Waals surface area contributed by atoms with E-state index in [-0.39, 0.29) is 10.8 Å². The van der Waals surface area contributed by atoms with Gasteiger partial charge in [0.2, 0.25) is 5.82 Å². The number of rotatable bonds is 1. The summed E-state index contributed by atoms with van der Waals surface area (Å²) in [5.74, 6) is 0.148. The molecule has 0 unspecified atom stereocenters. The summed E-state index contributed by atoms with van der Waals surface area (Å²) in [7, 11) is 0. The van der Waals surface area contributed by atoms with Crippen molar-refractivity contribution in [2.75, 3.05) is 0 Å². The Balaban J connectivity index is 2.54. The standard InChI is InChI=1S/C9H6ClFN4/c1-5-12-14-9(15-13-5)6-3-2-4-7(11)8(6)10/h2-4H,1H3. The van der Waals surface area contributed by atoms with Crippen molar-refractivity contribution in [2.45, 2.75) is 6.92 Å². The molecule has 2 aromatic rings. The maximum absolute atomic E-state index is 13.1. The molecule has 0 amide bonds. The average molecular weight is 225 g/mol. The van der Waals surface area contributed by atoms with Crippen molar-refractivity contribution >= 4 is 11.6 Å². The first-order valence-corrected chi connectivity index (χ1v) is 4.54. The minimum absolute atomic E-state index is 0.0232. The minimum Gasteiger partial charge on any atom is -0.205 e. The molecule has 6 heteroatoms. The average Bonchev–Trinajstić information content (AvgIpc) is 2.24. The maximum Gasteiger partial charge on any atom is 0.205 e. The van der Waals surface area contributed by atoms with E-state index < -0.39 is 5.82 Å². The zero-order valence-corrected chi connectivity index (χ0v) is 8.53. The van der Waals surface area contributed by atoms with Gasteiger partial charge in [-0.15, -0.1) is 20.4 Å². The van der Waals surface area contributed by atoms with Crippen molar-refractivity contribution in [2.24, 2.45) is 0 Å². The number of nitrogens with zero attached hydrogens (tertiary/aromatic N) is 4. The van der Waals surface area contributed by atoms with Crippen LogP contribution in [-0.4, -0.2) is 20.4 Å². The van der Waals surface area contributed by atoms with Gasteiger partial charge in [-0.3, -0.25) is 0 Å².